The van der Waals surface area contributed by atoms with E-state index in [1.54, 1.807) is 19.1 Å². The van der Waals surface area contributed by atoms with Gasteiger partial charge >= 0.3 is 0 Å². The number of halogens is 1. The number of hydrogen-bond donors (Lipinski definition) is 1. The first-order valence-electron chi connectivity index (χ1n) is 6.65. The van der Waals surface area contributed by atoms with Gasteiger partial charge < -0.3 is 5.32 Å². The molecule has 2 aromatic rings. The van der Waals surface area contributed by atoms with Crippen LogP contribution in [0.25, 0.3) is 0 Å². The molecule has 0 aliphatic carbocycles. The second-order valence-corrected chi connectivity index (χ2v) is 4.91. The van der Waals surface area contributed by atoms with Gasteiger partial charge in [-0.1, -0.05) is 36.4 Å². The first kappa shape index (κ1) is 14.4. The largest absolute Gasteiger partial charge is 0.306 e. The summed E-state index contributed by atoms with van der Waals surface area (Å²) in [6.45, 7) is 4.30. The number of hydrogen-bond acceptors (Lipinski definition) is 2. The zero-order valence-electron chi connectivity index (χ0n) is 11.7. The van der Waals surface area contributed by atoms with E-state index in [9.17, 15) is 9.18 Å². The van der Waals surface area contributed by atoms with Crippen LogP contribution in [0.2, 0.25) is 0 Å². The monoisotopic (exact) mass is 271 g/mol. The third kappa shape index (κ3) is 3.75. The van der Waals surface area contributed by atoms with Gasteiger partial charge in [0.1, 0.15) is 5.82 Å². The number of nitrogens with one attached hydrogen (secondary N) is 1. The van der Waals surface area contributed by atoms with E-state index in [4.69, 9.17) is 0 Å². The third-order valence-corrected chi connectivity index (χ3v) is 3.34. The van der Waals surface area contributed by atoms with Crippen LogP contribution < -0.4 is 5.32 Å². The van der Waals surface area contributed by atoms with Gasteiger partial charge in [0.25, 0.3) is 0 Å². The SMILES string of the molecule is CC(=O)c1ccc(CN[C@H](C)c2ccc(F)cc2)cc1. The molecule has 0 aliphatic heterocycles. The van der Waals surface area contributed by atoms with Crippen molar-refractivity contribution in [1.82, 2.24) is 5.32 Å². The predicted molar refractivity (Wildman–Crippen MR) is 78.1 cm³/mol. The van der Waals surface area contributed by atoms with Gasteiger partial charge in [-0.05, 0) is 37.1 Å². The molecule has 0 saturated heterocycles. The minimum absolute atomic E-state index is 0.0733. The molecule has 1 atom stereocenters. The zero-order valence-corrected chi connectivity index (χ0v) is 11.7. The Labute approximate surface area is 118 Å². The molecule has 2 rings (SSSR count). The first-order chi connectivity index (χ1) is 9.56. The highest BCUT2D eigenvalue weighted by molar-refractivity contribution is 5.93. The van der Waals surface area contributed by atoms with Crippen LogP contribution in [0.15, 0.2) is 48.5 Å². The summed E-state index contributed by atoms with van der Waals surface area (Å²) in [6, 6.07) is 14.2. The van der Waals surface area contributed by atoms with E-state index in [0.29, 0.717) is 6.54 Å². The number of carbonyl (C=O) groups is 1. The summed E-state index contributed by atoms with van der Waals surface area (Å²) in [7, 11) is 0. The number of carbonyl (C=O) groups excluding carboxylic acids is 1. The maximum atomic E-state index is 12.9. The Bertz CT molecular complexity index is 575. The highest BCUT2D eigenvalue weighted by atomic mass is 19.1. The highest BCUT2D eigenvalue weighted by Crippen LogP contribution is 2.14. The number of Topliss-reactive ketones (excluding diaryl/α,β-unsaturated/α-hetero) is 1. The Balaban J connectivity index is 1.94. The Morgan fingerprint density at radius 2 is 1.70 bits per heavy atom. The molecule has 0 bridgehead atoms. The third-order valence-electron chi connectivity index (χ3n) is 3.34. The zero-order chi connectivity index (χ0) is 14.5. The standard InChI is InChI=1S/C17H18FNO/c1-12(15-7-9-17(18)10-8-15)19-11-14-3-5-16(6-4-14)13(2)20/h3-10,12,19H,11H2,1-2H3/t12-/m1/s1. The summed E-state index contributed by atoms with van der Waals surface area (Å²) in [6.07, 6.45) is 0. The average Bonchev–Trinajstić information content (AvgIpc) is 2.46. The lowest BCUT2D eigenvalue weighted by atomic mass is 10.1. The van der Waals surface area contributed by atoms with Crippen LogP contribution in [0.5, 0.6) is 0 Å². The summed E-state index contributed by atoms with van der Waals surface area (Å²) >= 11 is 0. The Hall–Kier alpha value is -2.00. The fraction of sp³-hybridized carbons (Fsp3) is 0.235. The van der Waals surface area contributed by atoms with Gasteiger partial charge in [0.2, 0.25) is 0 Å². The van der Waals surface area contributed by atoms with Crippen molar-refractivity contribution < 1.29 is 9.18 Å². The molecular weight excluding hydrogens is 253 g/mol. The molecule has 1 N–H and O–H groups in total. The van der Waals surface area contributed by atoms with Crippen molar-refractivity contribution in [3.8, 4) is 0 Å². The van der Waals surface area contributed by atoms with E-state index in [-0.39, 0.29) is 17.6 Å². The van der Waals surface area contributed by atoms with Crippen LogP contribution in [0.3, 0.4) is 0 Å². The molecule has 20 heavy (non-hydrogen) atoms. The molecule has 0 fully saturated rings. The van der Waals surface area contributed by atoms with Gasteiger partial charge in [-0.15, -0.1) is 0 Å². The Morgan fingerprint density at radius 3 is 2.25 bits per heavy atom. The van der Waals surface area contributed by atoms with E-state index in [0.717, 1.165) is 16.7 Å². The molecule has 2 nitrogen and oxygen atoms in total. The fourth-order valence-corrected chi connectivity index (χ4v) is 2.00. The van der Waals surface area contributed by atoms with Crippen LogP contribution in [-0.4, -0.2) is 5.78 Å². The molecule has 0 aromatic heterocycles. The first-order valence-corrected chi connectivity index (χ1v) is 6.65. The highest BCUT2D eigenvalue weighted by Gasteiger charge is 2.05. The Morgan fingerprint density at radius 1 is 1.10 bits per heavy atom. The van der Waals surface area contributed by atoms with Gasteiger partial charge in [-0.25, -0.2) is 4.39 Å². The van der Waals surface area contributed by atoms with Crippen molar-refractivity contribution in [1.29, 1.82) is 0 Å². The van der Waals surface area contributed by atoms with Crippen LogP contribution in [-0.2, 0) is 6.54 Å². The van der Waals surface area contributed by atoms with Gasteiger partial charge in [-0.2, -0.15) is 0 Å². The van der Waals surface area contributed by atoms with Crippen molar-refractivity contribution in [3.63, 3.8) is 0 Å². The van der Waals surface area contributed by atoms with E-state index in [1.165, 1.54) is 12.1 Å². The number of ketones is 1. The van der Waals surface area contributed by atoms with Crippen molar-refractivity contribution in [3.05, 3.63) is 71.0 Å². The van der Waals surface area contributed by atoms with Crippen LogP contribution in [0.4, 0.5) is 4.39 Å². The van der Waals surface area contributed by atoms with Crippen molar-refractivity contribution in [2.24, 2.45) is 0 Å². The molecule has 0 spiro atoms. The molecule has 104 valence electrons. The van der Waals surface area contributed by atoms with Gasteiger partial charge in [-0.3, -0.25) is 4.79 Å². The van der Waals surface area contributed by atoms with E-state index in [1.807, 2.05) is 31.2 Å². The second kappa shape index (κ2) is 6.44. The van der Waals surface area contributed by atoms with Gasteiger partial charge in [0, 0.05) is 18.2 Å². The van der Waals surface area contributed by atoms with Crippen LogP contribution in [0, 0.1) is 5.82 Å². The lowest BCUT2D eigenvalue weighted by Gasteiger charge is -2.14. The summed E-state index contributed by atoms with van der Waals surface area (Å²) in [4.78, 5) is 11.2. The Kier molecular flexibility index (Phi) is 4.64. The summed E-state index contributed by atoms with van der Waals surface area (Å²) in [5.74, 6) is -0.148. The summed E-state index contributed by atoms with van der Waals surface area (Å²) in [5, 5.41) is 3.38. The smallest absolute Gasteiger partial charge is 0.159 e. The molecule has 0 unspecified atom stereocenters. The van der Waals surface area contributed by atoms with Gasteiger partial charge in [0.05, 0.1) is 0 Å². The minimum atomic E-state index is -0.222. The molecule has 0 radical (unpaired) electrons. The predicted octanol–water partition coefficient (Wildman–Crippen LogP) is 3.88. The molecule has 0 aliphatic rings. The molecule has 2 aromatic carbocycles. The topological polar surface area (TPSA) is 29.1 Å². The van der Waals surface area contributed by atoms with Crippen LogP contribution >= 0.6 is 0 Å². The molecule has 0 saturated carbocycles. The molecular formula is C17H18FNO. The second-order valence-electron chi connectivity index (χ2n) is 4.91. The quantitative estimate of drug-likeness (QED) is 0.836. The summed E-state index contributed by atoms with van der Waals surface area (Å²) < 4.78 is 12.9. The fourth-order valence-electron chi connectivity index (χ4n) is 2.00. The number of rotatable bonds is 5. The summed E-state index contributed by atoms with van der Waals surface area (Å²) in [5.41, 5.74) is 2.89. The van der Waals surface area contributed by atoms with Crippen molar-refractivity contribution >= 4 is 5.78 Å². The normalized spacial score (nSPS) is 12.2. The molecule has 0 heterocycles. The van der Waals surface area contributed by atoms with Gasteiger partial charge in [0.15, 0.2) is 5.78 Å². The average molecular weight is 271 g/mol. The molecule has 3 heteroatoms. The van der Waals surface area contributed by atoms with E-state index < -0.39 is 0 Å². The number of benzene rings is 2. The lowest BCUT2D eigenvalue weighted by molar-refractivity contribution is 0.101. The molecule has 0 amide bonds. The van der Waals surface area contributed by atoms with Crippen LogP contribution in [0.1, 0.15) is 41.4 Å². The van der Waals surface area contributed by atoms with E-state index in [2.05, 4.69) is 5.32 Å². The lowest BCUT2D eigenvalue weighted by Crippen LogP contribution is -2.18. The maximum absolute atomic E-state index is 12.9. The van der Waals surface area contributed by atoms with Crippen molar-refractivity contribution in [2.45, 2.75) is 26.4 Å². The van der Waals surface area contributed by atoms with E-state index >= 15 is 0 Å². The maximum Gasteiger partial charge on any atom is 0.159 e. The van der Waals surface area contributed by atoms with Crippen molar-refractivity contribution in [2.75, 3.05) is 0 Å². The minimum Gasteiger partial charge on any atom is -0.306 e.